The number of H-pyrrole nitrogens is 1. The predicted octanol–water partition coefficient (Wildman–Crippen LogP) is 5.98. The highest BCUT2D eigenvalue weighted by Gasteiger charge is 2.23. The van der Waals surface area contributed by atoms with Crippen molar-refractivity contribution in [1.29, 1.82) is 0 Å². The molecule has 0 aliphatic heterocycles. The highest BCUT2D eigenvalue weighted by Crippen LogP contribution is 2.35. The van der Waals surface area contributed by atoms with Gasteiger partial charge in [-0.25, -0.2) is 4.79 Å². The van der Waals surface area contributed by atoms with Crippen molar-refractivity contribution in [2.75, 3.05) is 0 Å². The van der Waals surface area contributed by atoms with Crippen LogP contribution in [0.15, 0.2) is 12.1 Å². The summed E-state index contributed by atoms with van der Waals surface area (Å²) in [5.74, 6) is -0.213. The molecule has 1 aliphatic rings. The van der Waals surface area contributed by atoms with E-state index in [-0.39, 0.29) is 5.56 Å². The van der Waals surface area contributed by atoms with Gasteiger partial charge in [0.25, 0.3) is 0 Å². The van der Waals surface area contributed by atoms with Crippen LogP contribution in [0.4, 0.5) is 0 Å². The number of rotatable bonds is 6. The number of hydrogen-bond donors (Lipinski definition) is 2. The molecule has 1 aliphatic carbocycles. The zero-order valence-corrected chi connectivity index (χ0v) is 15.1. The normalized spacial score (nSPS) is 17.7. The van der Waals surface area contributed by atoms with Crippen molar-refractivity contribution >= 4 is 28.5 Å². The van der Waals surface area contributed by atoms with E-state index in [0.717, 1.165) is 23.7 Å². The number of aromatic nitrogens is 1. The van der Waals surface area contributed by atoms with Gasteiger partial charge in [-0.1, -0.05) is 50.6 Å². The number of unbranched alkanes of at least 4 members (excludes halogenated alkanes) is 3. The number of aromatic carboxylic acids is 1. The number of hydrogen-bond acceptors (Lipinski definition) is 1. The number of nitrogens with one attached hydrogen (secondary N) is 1. The lowest BCUT2D eigenvalue weighted by atomic mass is 9.93. The lowest BCUT2D eigenvalue weighted by molar-refractivity contribution is 0.0699. The molecule has 1 aromatic heterocycles. The molecular weight excluding hydrogens is 322 g/mol. The van der Waals surface area contributed by atoms with Gasteiger partial charge in [0.2, 0.25) is 0 Å². The van der Waals surface area contributed by atoms with E-state index < -0.39 is 5.97 Å². The van der Waals surface area contributed by atoms with Crippen LogP contribution in [0.5, 0.6) is 0 Å². The minimum atomic E-state index is -0.921. The summed E-state index contributed by atoms with van der Waals surface area (Å²) in [6.07, 6.45) is 11.0. The van der Waals surface area contributed by atoms with Crippen molar-refractivity contribution in [3.63, 3.8) is 0 Å². The minimum Gasteiger partial charge on any atom is -0.478 e. The average molecular weight is 348 g/mol. The molecule has 0 radical (unpaired) electrons. The van der Waals surface area contributed by atoms with Gasteiger partial charge in [0.15, 0.2) is 0 Å². The zero-order chi connectivity index (χ0) is 17.1. The van der Waals surface area contributed by atoms with E-state index in [2.05, 4.69) is 11.9 Å². The molecule has 0 amide bonds. The number of halogens is 1. The topological polar surface area (TPSA) is 53.1 Å². The Bertz CT molecular complexity index is 735. The van der Waals surface area contributed by atoms with Crippen LogP contribution < -0.4 is 0 Å². The van der Waals surface area contributed by atoms with E-state index in [0.29, 0.717) is 10.9 Å². The molecule has 0 spiro atoms. The molecule has 0 saturated heterocycles. The fraction of sp³-hybridized carbons (Fsp3) is 0.550. The van der Waals surface area contributed by atoms with Gasteiger partial charge in [0, 0.05) is 16.1 Å². The summed E-state index contributed by atoms with van der Waals surface area (Å²) in [5, 5.41) is 11.0. The van der Waals surface area contributed by atoms with Crippen LogP contribution in [-0.2, 0) is 12.8 Å². The number of benzene rings is 1. The molecule has 0 saturated carbocycles. The summed E-state index contributed by atoms with van der Waals surface area (Å²) in [4.78, 5) is 15.0. The minimum absolute atomic E-state index is 0.282. The van der Waals surface area contributed by atoms with Crippen molar-refractivity contribution in [3.8, 4) is 0 Å². The van der Waals surface area contributed by atoms with Gasteiger partial charge in [-0.2, -0.15) is 0 Å². The molecule has 0 fully saturated rings. The van der Waals surface area contributed by atoms with E-state index in [9.17, 15) is 9.90 Å². The third kappa shape index (κ3) is 3.61. The molecule has 4 heteroatoms. The maximum absolute atomic E-state index is 11.5. The average Bonchev–Trinajstić information content (AvgIpc) is 2.75. The lowest BCUT2D eigenvalue weighted by Gasteiger charge is -2.13. The summed E-state index contributed by atoms with van der Waals surface area (Å²) in [6, 6.07) is 3.46. The summed E-state index contributed by atoms with van der Waals surface area (Å²) in [5.41, 5.74) is 3.53. The molecule has 1 aromatic carbocycles. The Labute approximate surface area is 148 Å². The summed E-state index contributed by atoms with van der Waals surface area (Å²) < 4.78 is 0. The van der Waals surface area contributed by atoms with Gasteiger partial charge in [0.1, 0.15) is 0 Å². The number of aromatic amines is 1. The summed E-state index contributed by atoms with van der Waals surface area (Å²) in [7, 11) is 0. The molecule has 130 valence electrons. The van der Waals surface area contributed by atoms with Crippen LogP contribution in [0.25, 0.3) is 10.9 Å². The van der Waals surface area contributed by atoms with Gasteiger partial charge in [-0.15, -0.1) is 0 Å². The largest absolute Gasteiger partial charge is 0.478 e. The predicted molar refractivity (Wildman–Crippen MR) is 99.2 cm³/mol. The summed E-state index contributed by atoms with van der Waals surface area (Å²) >= 11 is 6.16. The van der Waals surface area contributed by atoms with Crippen molar-refractivity contribution in [3.05, 3.63) is 34.0 Å². The molecule has 2 N–H and O–H groups in total. The van der Waals surface area contributed by atoms with Crippen LogP contribution in [0.3, 0.4) is 0 Å². The Morgan fingerprint density at radius 3 is 2.92 bits per heavy atom. The van der Waals surface area contributed by atoms with Crippen molar-refractivity contribution in [2.24, 2.45) is 5.92 Å². The number of carboxylic acids is 1. The SMILES string of the molecule is CCCCCCC1CCCc2c([nH]c3c(C(=O)O)cc(Cl)cc23)C1. The van der Waals surface area contributed by atoms with Crippen LogP contribution >= 0.6 is 11.6 Å². The molecule has 3 nitrogen and oxygen atoms in total. The smallest absolute Gasteiger partial charge is 0.337 e. The molecule has 1 unspecified atom stereocenters. The first-order valence-corrected chi connectivity index (χ1v) is 9.54. The van der Waals surface area contributed by atoms with Gasteiger partial charge in [0.05, 0.1) is 11.1 Å². The third-order valence-electron chi connectivity index (χ3n) is 5.30. The lowest BCUT2D eigenvalue weighted by Crippen LogP contribution is -2.04. The standard InChI is InChI=1S/C20H26ClNO2/c1-2-3-4-5-7-13-8-6-9-15-16-11-14(21)12-17(20(23)24)19(16)22-18(15)10-13/h11-13,22H,2-10H2,1H3,(H,23,24). The van der Waals surface area contributed by atoms with E-state index in [1.807, 2.05) is 6.07 Å². The first kappa shape index (κ1) is 17.3. The van der Waals surface area contributed by atoms with Crippen LogP contribution in [0.2, 0.25) is 5.02 Å². The first-order valence-electron chi connectivity index (χ1n) is 9.16. The Hall–Kier alpha value is -1.48. The second-order valence-electron chi connectivity index (χ2n) is 7.07. The molecule has 2 aromatic rings. The second kappa shape index (κ2) is 7.60. The molecule has 1 atom stereocenters. The van der Waals surface area contributed by atoms with E-state index in [4.69, 9.17) is 11.6 Å². The maximum atomic E-state index is 11.5. The number of carboxylic acid groups (broad SMARTS) is 1. The Balaban J connectivity index is 1.87. The van der Waals surface area contributed by atoms with E-state index >= 15 is 0 Å². The monoisotopic (exact) mass is 347 g/mol. The number of carbonyl (C=O) groups is 1. The fourth-order valence-electron chi connectivity index (χ4n) is 4.06. The van der Waals surface area contributed by atoms with Gasteiger partial charge >= 0.3 is 5.97 Å². The van der Waals surface area contributed by atoms with E-state index in [1.165, 1.54) is 56.2 Å². The third-order valence-corrected chi connectivity index (χ3v) is 5.51. The highest BCUT2D eigenvalue weighted by atomic mass is 35.5. The van der Waals surface area contributed by atoms with E-state index in [1.54, 1.807) is 6.07 Å². The fourth-order valence-corrected chi connectivity index (χ4v) is 4.28. The molecule has 24 heavy (non-hydrogen) atoms. The first-order chi connectivity index (χ1) is 11.6. The van der Waals surface area contributed by atoms with Gasteiger partial charge in [-0.05, 0) is 49.3 Å². The maximum Gasteiger partial charge on any atom is 0.337 e. The van der Waals surface area contributed by atoms with Gasteiger partial charge in [-0.3, -0.25) is 0 Å². The van der Waals surface area contributed by atoms with Crippen LogP contribution in [0, 0.1) is 5.92 Å². The molecule has 0 bridgehead atoms. The summed E-state index contributed by atoms with van der Waals surface area (Å²) in [6.45, 7) is 2.24. The van der Waals surface area contributed by atoms with Crippen molar-refractivity contribution in [1.82, 2.24) is 4.98 Å². The van der Waals surface area contributed by atoms with Crippen LogP contribution in [0.1, 0.15) is 73.5 Å². The van der Waals surface area contributed by atoms with Crippen LogP contribution in [-0.4, -0.2) is 16.1 Å². The molecular formula is C20H26ClNO2. The number of fused-ring (bicyclic) bond motifs is 3. The van der Waals surface area contributed by atoms with Crippen molar-refractivity contribution in [2.45, 2.75) is 64.7 Å². The second-order valence-corrected chi connectivity index (χ2v) is 7.51. The number of aryl methyl sites for hydroxylation is 1. The quantitative estimate of drug-likeness (QED) is 0.498. The molecule has 1 heterocycles. The highest BCUT2D eigenvalue weighted by molar-refractivity contribution is 6.32. The zero-order valence-electron chi connectivity index (χ0n) is 14.3. The molecule has 3 rings (SSSR count). The van der Waals surface area contributed by atoms with Crippen molar-refractivity contribution < 1.29 is 9.90 Å². The Morgan fingerprint density at radius 2 is 2.17 bits per heavy atom. The Kier molecular flexibility index (Phi) is 5.50. The Morgan fingerprint density at radius 1 is 1.33 bits per heavy atom. The van der Waals surface area contributed by atoms with Gasteiger partial charge < -0.3 is 10.1 Å².